The number of allylic oxidation sites excluding steroid dienone is 2. The number of carboxylic acids is 1. The maximum Gasteiger partial charge on any atom is 0.316 e. The van der Waals surface area contributed by atoms with Crippen LogP contribution in [-0.4, -0.2) is 27.2 Å². The minimum Gasteiger partial charge on any atom is -0.481 e. The van der Waals surface area contributed by atoms with Crippen molar-refractivity contribution in [2.24, 2.45) is 5.41 Å². The zero-order chi connectivity index (χ0) is 10.9. The van der Waals surface area contributed by atoms with Crippen LogP contribution in [0.5, 0.6) is 0 Å². The van der Waals surface area contributed by atoms with Crippen LogP contribution in [-0.2, 0) is 4.79 Å². The lowest BCUT2D eigenvalue weighted by Gasteiger charge is -2.26. The van der Waals surface area contributed by atoms with Gasteiger partial charge in [-0.05, 0) is 6.92 Å². The molecule has 0 heterocycles. The fourth-order valence-corrected chi connectivity index (χ4v) is 1.19. The van der Waals surface area contributed by atoms with Gasteiger partial charge in [0.15, 0.2) is 6.10 Å². The van der Waals surface area contributed by atoms with E-state index in [4.69, 9.17) is 5.11 Å². The molecule has 1 aliphatic carbocycles. The summed E-state index contributed by atoms with van der Waals surface area (Å²) in [6, 6.07) is 0. The molecule has 0 aliphatic heterocycles. The van der Waals surface area contributed by atoms with Crippen LogP contribution in [0.3, 0.4) is 0 Å². The van der Waals surface area contributed by atoms with Crippen LogP contribution < -0.4 is 0 Å². The second-order valence-electron chi connectivity index (χ2n) is 3.20. The molecule has 1 aliphatic rings. The molecule has 1 rings (SSSR count). The van der Waals surface area contributed by atoms with Crippen LogP contribution in [0.25, 0.3) is 0 Å². The molecule has 2 unspecified atom stereocenters. The number of hydrogen-bond donors (Lipinski definition) is 2. The molecular weight excluding hydrogens is 190 g/mol. The Morgan fingerprint density at radius 2 is 2.29 bits per heavy atom. The monoisotopic (exact) mass is 199 g/mol. The highest BCUT2D eigenvalue weighted by Gasteiger charge is 2.46. The number of carbonyl (C=O) groups is 1. The molecule has 2 atom stereocenters. The van der Waals surface area contributed by atoms with Crippen molar-refractivity contribution in [3.05, 3.63) is 34.0 Å². The van der Waals surface area contributed by atoms with E-state index >= 15 is 0 Å². The molecule has 6 nitrogen and oxygen atoms in total. The molecule has 0 aromatic rings. The van der Waals surface area contributed by atoms with Crippen LogP contribution in [0, 0.1) is 15.5 Å². The highest BCUT2D eigenvalue weighted by Crippen LogP contribution is 2.32. The topological polar surface area (TPSA) is 101 Å². The minimum absolute atomic E-state index is 0.502. The number of hydrogen-bond acceptors (Lipinski definition) is 4. The lowest BCUT2D eigenvalue weighted by Crippen LogP contribution is -2.42. The molecule has 2 N–H and O–H groups in total. The third kappa shape index (κ3) is 1.39. The van der Waals surface area contributed by atoms with Crippen LogP contribution in [0.15, 0.2) is 23.9 Å². The van der Waals surface area contributed by atoms with Crippen molar-refractivity contribution in [1.29, 1.82) is 0 Å². The lowest BCUT2D eigenvalue weighted by molar-refractivity contribution is -0.438. The molecule has 0 fully saturated rings. The SMILES string of the molecule is CC1(C(=O)O)C=CC=C([N+](=O)[O-])C1O. The second kappa shape index (κ2) is 3.22. The van der Waals surface area contributed by atoms with Gasteiger partial charge in [-0.2, -0.15) is 0 Å². The van der Waals surface area contributed by atoms with Crippen molar-refractivity contribution >= 4 is 5.97 Å². The van der Waals surface area contributed by atoms with Gasteiger partial charge in [0, 0.05) is 6.08 Å². The predicted octanol–water partition coefficient (Wildman–Crippen LogP) is 0.169. The van der Waals surface area contributed by atoms with E-state index in [0.717, 1.165) is 6.08 Å². The van der Waals surface area contributed by atoms with E-state index in [0.29, 0.717) is 0 Å². The van der Waals surface area contributed by atoms with E-state index in [2.05, 4.69) is 0 Å². The van der Waals surface area contributed by atoms with Gasteiger partial charge >= 0.3 is 5.97 Å². The van der Waals surface area contributed by atoms with Crippen molar-refractivity contribution in [3.63, 3.8) is 0 Å². The fourth-order valence-electron chi connectivity index (χ4n) is 1.19. The van der Waals surface area contributed by atoms with E-state index in [1.54, 1.807) is 0 Å². The average Bonchev–Trinajstić information content (AvgIpc) is 2.09. The Bertz CT molecular complexity index is 346. The molecule has 0 saturated heterocycles. The maximum absolute atomic E-state index is 10.8. The van der Waals surface area contributed by atoms with Crippen molar-refractivity contribution < 1.29 is 19.9 Å². The summed E-state index contributed by atoms with van der Waals surface area (Å²) in [5, 5.41) is 28.7. The highest BCUT2D eigenvalue weighted by molar-refractivity contribution is 5.78. The summed E-state index contributed by atoms with van der Waals surface area (Å²) in [7, 11) is 0. The summed E-state index contributed by atoms with van der Waals surface area (Å²) in [4.78, 5) is 20.4. The molecule has 0 bridgehead atoms. The first-order valence-corrected chi connectivity index (χ1v) is 3.85. The number of aliphatic hydroxyl groups is 1. The van der Waals surface area contributed by atoms with Crippen molar-refractivity contribution in [3.8, 4) is 0 Å². The summed E-state index contributed by atoms with van der Waals surface area (Å²) < 4.78 is 0. The van der Waals surface area contributed by atoms with Gasteiger partial charge in [0.2, 0.25) is 0 Å². The molecule has 0 amide bonds. The van der Waals surface area contributed by atoms with E-state index in [1.165, 1.54) is 19.1 Å². The van der Waals surface area contributed by atoms with Gasteiger partial charge in [0.25, 0.3) is 5.70 Å². The first kappa shape index (κ1) is 10.4. The summed E-state index contributed by atoms with van der Waals surface area (Å²) in [6.45, 7) is 1.23. The maximum atomic E-state index is 10.8. The number of nitrogens with zero attached hydrogens (tertiary/aromatic N) is 1. The van der Waals surface area contributed by atoms with E-state index in [1.807, 2.05) is 0 Å². The molecule has 0 aromatic carbocycles. The van der Waals surface area contributed by atoms with Gasteiger partial charge in [0.05, 0.1) is 4.92 Å². The number of nitro groups is 1. The van der Waals surface area contributed by atoms with E-state index in [-0.39, 0.29) is 0 Å². The molecule has 76 valence electrons. The third-order valence-electron chi connectivity index (χ3n) is 2.23. The zero-order valence-electron chi connectivity index (χ0n) is 7.38. The van der Waals surface area contributed by atoms with E-state index < -0.39 is 28.1 Å². The molecule has 0 saturated carbocycles. The molecule has 0 spiro atoms. The number of aliphatic hydroxyl groups excluding tert-OH is 1. The van der Waals surface area contributed by atoms with E-state index in [9.17, 15) is 20.0 Å². The summed E-state index contributed by atoms with van der Waals surface area (Å²) >= 11 is 0. The van der Waals surface area contributed by atoms with Crippen LogP contribution >= 0.6 is 0 Å². The summed E-state index contributed by atoms with van der Waals surface area (Å²) in [6.07, 6.45) is 1.96. The second-order valence-corrected chi connectivity index (χ2v) is 3.20. The van der Waals surface area contributed by atoms with Gasteiger partial charge in [-0.3, -0.25) is 14.9 Å². The molecule has 6 heteroatoms. The first-order chi connectivity index (χ1) is 6.39. The van der Waals surface area contributed by atoms with Crippen LogP contribution in [0.4, 0.5) is 0 Å². The largest absolute Gasteiger partial charge is 0.481 e. The Hall–Kier alpha value is -1.69. The Balaban J connectivity index is 3.11. The van der Waals surface area contributed by atoms with Gasteiger partial charge < -0.3 is 10.2 Å². The number of rotatable bonds is 2. The summed E-state index contributed by atoms with van der Waals surface area (Å²) in [5.74, 6) is -1.30. The van der Waals surface area contributed by atoms with Gasteiger partial charge in [-0.25, -0.2) is 0 Å². The first-order valence-electron chi connectivity index (χ1n) is 3.85. The quantitative estimate of drug-likeness (QED) is 0.487. The minimum atomic E-state index is -1.63. The van der Waals surface area contributed by atoms with Crippen molar-refractivity contribution in [2.45, 2.75) is 13.0 Å². The standard InChI is InChI=1S/C8H9NO5/c1-8(7(11)12)4-2-3-5(6(8)10)9(13)14/h2-4,6,10H,1H3,(H,11,12). The van der Waals surface area contributed by atoms with Crippen molar-refractivity contribution in [2.75, 3.05) is 0 Å². The predicted molar refractivity (Wildman–Crippen MR) is 46.0 cm³/mol. The zero-order valence-corrected chi connectivity index (χ0v) is 7.38. The fraction of sp³-hybridized carbons (Fsp3) is 0.375. The van der Waals surface area contributed by atoms with Crippen molar-refractivity contribution in [1.82, 2.24) is 0 Å². The summed E-state index contributed by atoms with van der Waals surface area (Å²) in [5.41, 5.74) is -2.13. The third-order valence-corrected chi connectivity index (χ3v) is 2.23. The van der Waals surface area contributed by atoms with Crippen LogP contribution in [0.2, 0.25) is 0 Å². The normalized spacial score (nSPS) is 31.0. The number of carboxylic acid groups (broad SMARTS) is 1. The van der Waals surface area contributed by atoms with Gasteiger partial charge in [0.1, 0.15) is 5.41 Å². The molecule has 0 aromatic heterocycles. The van der Waals surface area contributed by atoms with Gasteiger partial charge in [-0.1, -0.05) is 12.2 Å². The Kier molecular flexibility index (Phi) is 2.39. The number of aliphatic carboxylic acids is 1. The van der Waals surface area contributed by atoms with Crippen LogP contribution in [0.1, 0.15) is 6.92 Å². The average molecular weight is 199 g/mol. The van der Waals surface area contributed by atoms with Gasteiger partial charge in [-0.15, -0.1) is 0 Å². The highest BCUT2D eigenvalue weighted by atomic mass is 16.6. The molecule has 0 radical (unpaired) electrons. The Morgan fingerprint density at radius 1 is 1.71 bits per heavy atom. The Labute approximate surface area is 79.3 Å². The molecule has 14 heavy (non-hydrogen) atoms. The Morgan fingerprint density at radius 3 is 2.71 bits per heavy atom. The smallest absolute Gasteiger partial charge is 0.316 e. The molecular formula is C8H9NO5. The lowest BCUT2D eigenvalue weighted by atomic mass is 9.80.